The van der Waals surface area contributed by atoms with Crippen molar-refractivity contribution in [3.63, 3.8) is 0 Å². The van der Waals surface area contributed by atoms with E-state index in [1.54, 1.807) is 11.8 Å². The Morgan fingerprint density at radius 1 is 1.19 bits per heavy atom. The lowest BCUT2D eigenvalue weighted by molar-refractivity contribution is -0.119. The van der Waals surface area contributed by atoms with Gasteiger partial charge in [0.2, 0.25) is 11.8 Å². The monoisotopic (exact) mass is 402 g/mol. The molecule has 4 nitrogen and oxygen atoms in total. The van der Waals surface area contributed by atoms with Crippen LogP contribution < -0.4 is 10.6 Å². The number of anilines is 1. The van der Waals surface area contributed by atoms with Crippen molar-refractivity contribution in [2.24, 2.45) is 5.92 Å². The van der Waals surface area contributed by atoms with Crippen molar-refractivity contribution in [3.05, 3.63) is 64.7 Å². The van der Waals surface area contributed by atoms with Crippen molar-refractivity contribution in [2.45, 2.75) is 31.6 Å². The van der Waals surface area contributed by atoms with E-state index in [4.69, 9.17) is 11.6 Å². The molecule has 1 unspecified atom stereocenters. The van der Waals surface area contributed by atoms with Crippen LogP contribution in [0.25, 0.3) is 0 Å². The van der Waals surface area contributed by atoms with E-state index in [1.165, 1.54) is 0 Å². The number of nitrogens with one attached hydrogen (secondary N) is 2. The van der Waals surface area contributed by atoms with Crippen LogP contribution in [-0.4, -0.2) is 17.6 Å². The fraction of sp³-hybridized carbons (Fsp3) is 0.333. The molecular weight excluding hydrogens is 380 g/mol. The molecule has 1 aliphatic rings. The van der Waals surface area contributed by atoms with Gasteiger partial charge in [-0.1, -0.05) is 35.9 Å². The summed E-state index contributed by atoms with van der Waals surface area (Å²) in [5, 5.41) is 6.64. The Balaban J connectivity index is 1.42. The predicted molar refractivity (Wildman–Crippen MR) is 112 cm³/mol. The van der Waals surface area contributed by atoms with Crippen LogP contribution in [0.15, 0.2) is 48.5 Å². The van der Waals surface area contributed by atoms with Gasteiger partial charge in [-0.25, -0.2) is 0 Å². The van der Waals surface area contributed by atoms with Gasteiger partial charge in [0.25, 0.3) is 0 Å². The number of benzene rings is 2. The van der Waals surface area contributed by atoms with Crippen LogP contribution in [-0.2, 0) is 15.3 Å². The number of hydrogen-bond acceptors (Lipinski definition) is 3. The highest BCUT2D eigenvalue weighted by Crippen LogP contribution is 2.30. The fourth-order valence-electron chi connectivity index (χ4n) is 2.70. The molecule has 2 aromatic carbocycles. The number of carbonyl (C=O) groups is 2. The third kappa shape index (κ3) is 6.29. The first-order valence-corrected chi connectivity index (χ1v) is 10.6. The van der Waals surface area contributed by atoms with Crippen molar-refractivity contribution in [1.82, 2.24) is 5.32 Å². The summed E-state index contributed by atoms with van der Waals surface area (Å²) in [6.45, 7) is 1.96. The first-order valence-electron chi connectivity index (χ1n) is 9.03. The average molecular weight is 403 g/mol. The van der Waals surface area contributed by atoms with Gasteiger partial charge in [0, 0.05) is 22.4 Å². The zero-order chi connectivity index (χ0) is 19.2. The maximum Gasteiger partial charge on any atom is 0.230 e. The Morgan fingerprint density at radius 3 is 2.59 bits per heavy atom. The molecule has 1 aliphatic carbocycles. The van der Waals surface area contributed by atoms with Crippen LogP contribution >= 0.6 is 23.4 Å². The van der Waals surface area contributed by atoms with Gasteiger partial charge in [0.1, 0.15) is 0 Å². The maximum absolute atomic E-state index is 12.2. The van der Waals surface area contributed by atoms with Crippen LogP contribution in [0.3, 0.4) is 0 Å². The molecule has 1 atom stereocenters. The molecule has 1 fully saturated rings. The van der Waals surface area contributed by atoms with Crippen molar-refractivity contribution in [3.8, 4) is 0 Å². The number of halogens is 1. The van der Waals surface area contributed by atoms with E-state index < -0.39 is 0 Å². The molecule has 3 rings (SSSR count). The normalized spacial score (nSPS) is 14.4. The third-order valence-electron chi connectivity index (χ3n) is 4.39. The highest BCUT2D eigenvalue weighted by molar-refractivity contribution is 7.99. The zero-order valence-electron chi connectivity index (χ0n) is 15.2. The van der Waals surface area contributed by atoms with Crippen LogP contribution in [0.1, 0.15) is 36.9 Å². The molecule has 0 heterocycles. The summed E-state index contributed by atoms with van der Waals surface area (Å²) in [6, 6.07) is 15.2. The lowest BCUT2D eigenvalue weighted by Gasteiger charge is -2.15. The lowest BCUT2D eigenvalue weighted by Crippen LogP contribution is -2.28. The molecule has 1 saturated carbocycles. The SMILES string of the molecule is CC(NC(=O)CSCc1cccc(Cl)c1)c1ccc(NC(=O)C2CC2)cc1. The summed E-state index contributed by atoms with van der Waals surface area (Å²) in [5.74, 6) is 1.43. The quantitative estimate of drug-likeness (QED) is 0.666. The minimum Gasteiger partial charge on any atom is -0.349 e. The van der Waals surface area contributed by atoms with Gasteiger partial charge in [0.05, 0.1) is 11.8 Å². The van der Waals surface area contributed by atoms with Crippen LogP contribution in [0, 0.1) is 5.92 Å². The fourth-order valence-corrected chi connectivity index (χ4v) is 3.70. The smallest absolute Gasteiger partial charge is 0.230 e. The number of thioether (sulfide) groups is 1. The molecule has 6 heteroatoms. The molecular formula is C21H23ClN2O2S. The van der Waals surface area contributed by atoms with E-state index in [0.717, 1.165) is 35.4 Å². The predicted octanol–water partition coefficient (Wildman–Crippen LogP) is 4.80. The topological polar surface area (TPSA) is 58.2 Å². The highest BCUT2D eigenvalue weighted by atomic mass is 35.5. The number of rotatable bonds is 8. The molecule has 0 aromatic heterocycles. The molecule has 0 aliphatic heterocycles. The molecule has 0 spiro atoms. The molecule has 0 saturated heterocycles. The van der Waals surface area contributed by atoms with E-state index in [1.807, 2.05) is 55.5 Å². The standard InChI is InChI=1S/C21H23ClN2O2S/c1-14(16-7-9-19(10-8-16)24-21(26)17-5-6-17)23-20(25)13-27-12-15-3-2-4-18(22)11-15/h2-4,7-11,14,17H,5-6,12-13H2,1H3,(H,23,25)(H,24,26). The van der Waals surface area contributed by atoms with Gasteiger partial charge < -0.3 is 10.6 Å². The van der Waals surface area contributed by atoms with Gasteiger partial charge in [-0.05, 0) is 55.2 Å². The van der Waals surface area contributed by atoms with Gasteiger partial charge in [0.15, 0.2) is 0 Å². The van der Waals surface area contributed by atoms with Crippen molar-refractivity contribution < 1.29 is 9.59 Å². The number of carbonyl (C=O) groups excluding carboxylic acids is 2. The lowest BCUT2D eigenvalue weighted by atomic mass is 10.1. The van der Waals surface area contributed by atoms with E-state index in [2.05, 4.69) is 10.6 Å². The summed E-state index contributed by atoms with van der Waals surface area (Å²) in [6.07, 6.45) is 1.98. The molecule has 2 aromatic rings. The summed E-state index contributed by atoms with van der Waals surface area (Å²) < 4.78 is 0. The number of amides is 2. The Morgan fingerprint density at radius 2 is 1.93 bits per heavy atom. The van der Waals surface area contributed by atoms with Crippen molar-refractivity contribution in [1.29, 1.82) is 0 Å². The Kier molecular flexibility index (Phi) is 6.80. The van der Waals surface area contributed by atoms with Crippen LogP contribution in [0.2, 0.25) is 5.02 Å². The minimum atomic E-state index is -0.0857. The zero-order valence-corrected chi connectivity index (χ0v) is 16.8. The molecule has 2 N–H and O–H groups in total. The van der Waals surface area contributed by atoms with Crippen molar-refractivity contribution in [2.75, 3.05) is 11.1 Å². The largest absolute Gasteiger partial charge is 0.349 e. The Labute approximate surface area is 169 Å². The maximum atomic E-state index is 12.2. The van der Waals surface area contributed by atoms with Crippen LogP contribution in [0.5, 0.6) is 0 Å². The Hall–Kier alpha value is -1.98. The summed E-state index contributed by atoms with van der Waals surface area (Å²) in [4.78, 5) is 23.9. The molecule has 0 radical (unpaired) electrons. The summed E-state index contributed by atoms with van der Waals surface area (Å²) in [5.41, 5.74) is 2.91. The van der Waals surface area contributed by atoms with E-state index in [9.17, 15) is 9.59 Å². The number of hydrogen-bond donors (Lipinski definition) is 2. The van der Waals surface area contributed by atoms with E-state index in [-0.39, 0.29) is 23.8 Å². The third-order valence-corrected chi connectivity index (χ3v) is 5.63. The first kappa shape index (κ1) is 19.8. The van der Waals surface area contributed by atoms with Crippen LogP contribution in [0.4, 0.5) is 5.69 Å². The van der Waals surface area contributed by atoms with Gasteiger partial charge in [-0.3, -0.25) is 9.59 Å². The van der Waals surface area contributed by atoms with Crippen molar-refractivity contribution >= 4 is 40.9 Å². The highest BCUT2D eigenvalue weighted by Gasteiger charge is 2.29. The average Bonchev–Trinajstić information content (AvgIpc) is 3.47. The van der Waals surface area contributed by atoms with E-state index in [0.29, 0.717) is 10.8 Å². The summed E-state index contributed by atoms with van der Waals surface area (Å²) >= 11 is 7.53. The second-order valence-corrected chi connectivity index (χ2v) is 8.22. The van der Waals surface area contributed by atoms with Gasteiger partial charge in [-0.2, -0.15) is 0 Å². The molecule has 27 heavy (non-hydrogen) atoms. The first-order chi connectivity index (χ1) is 13.0. The molecule has 142 valence electrons. The second-order valence-electron chi connectivity index (χ2n) is 6.80. The second kappa shape index (κ2) is 9.29. The molecule has 2 amide bonds. The molecule has 0 bridgehead atoms. The Bertz CT molecular complexity index is 806. The van der Waals surface area contributed by atoms with E-state index >= 15 is 0 Å². The summed E-state index contributed by atoms with van der Waals surface area (Å²) in [7, 11) is 0. The minimum absolute atomic E-state index is 0.000593. The van der Waals surface area contributed by atoms with Gasteiger partial charge in [-0.15, -0.1) is 11.8 Å². The van der Waals surface area contributed by atoms with Gasteiger partial charge >= 0.3 is 0 Å².